The standard InChI is InChI=1S/C24H32N4O/c1-18(16-20-4-3-13-25-17-20)26-21-11-14-27(15-12-21)22-6-8-23(9-7-22)28-19(2)5-10-24(28)29/h3-4,6-9,13,17-19,21,26H,5,10-12,14-16H2,1-2H3/t18-,19-/m1/s1. The molecule has 0 radical (unpaired) electrons. The molecule has 2 aliphatic heterocycles. The first kappa shape index (κ1) is 19.9. The van der Waals surface area contributed by atoms with Crippen molar-refractivity contribution in [3.05, 3.63) is 54.4 Å². The molecule has 3 heterocycles. The van der Waals surface area contributed by atoms with E-state index in [1.54, 1.807) is 0 Å². The van der Waals surface area contributed by atoms with E-state index in [4.69, 9.17) is 0 Å². The third kappa shape index (κ3) is 4.78. The SMILES string of the molecule is C[C@H](Cc1cccnc1)NC1CCN(c2ccc(N3C(=O)CC[C@H]3C)cc2)CC1. The van der Waals surface area contributed by atoms with Gasteiger partial charge in [0.25, 0.3) is 0 Å². The van der Waals surface area contributed by atoms with Crippen LogP contribution in [0.5, 0.6) is 0 Å². The van der Waals surface area contributed by atoms with Gasteiger partial charge in [-0.1, -0.05) is 6.07 Å². The van der Waals surface area contributed by atoms with Crippen molar-refractivity contribution >= 4 is 17.3 Å². The first-order valence-electron chi connectivity index (χ1n) is 10.9. The second-order valence-corrected chi connectivity index (χ2v) is 8.56. The summed E-state index contributed by atoms with van der Waals surface area (Å²) in [6, 6.07) is 14.0. The molecule has 2 aliphatic rings. The molecule has 1 aromatic carbocycles. The Labute approximate surface area is 174 Å². The van der Waals surface area contributed by atoms with E-state index in [0.717, 1.165) is 44.5 Å². The maximum atomic E-state index is 12.1. The Morgan fingerprint density at radius 2 is 1.83 bits per heavy atom. The van der Waals surface area contributed by atoms with Gasteiger partial charge in [0, 0.05) is 61.4 Å². The van der Waals surface area contributed by atoms with Gasteiger partial charge >= 0.3 is 0 Å². The van der Waals surface area contributed by atoms with Gasteiger partial charge in [0.1, 0.15) is 0 Å². The predicted molar refractivity (Wildman–Crippen MR) is 118 cm³/mol. The summed E-state index contributed by atoms with van der Waals surface area (Å²) in [6.45, 7) is 6.52. The van der Waals surface area contributed by atoms with Gasteiger partial charge in [0.05, 0.1) is 0 Å². The number of pyridine rings is 1. The van der Waals surface area contributed by atoms with Gasteiger partial charge in [0.15, 0.2) is 0 Å². The highest BCUT2D eigenvalue weighted by Crippen LogP contribution is 2.29. The van der Waals surface area contributed by atoms with Crippen molar-refractivity contribution in [1.82, 2.24) is 10.3 Å². The lowest BCUT2D eigenvalue weighted by Gasteiger charge is -2.35. The zero-order chi connectivity index (χ0) is 20.2. The lowest BCUT2D eigenvalue weighted by molar-refractivity contribution is -0.117. The van der Waals surface area contributed by atoms with E-state index in [-0.39, 0.29) is 5.91 Å². The summed E-state index contributed by atoms with van der Waals surface area (Å²) < 4.78 is 0. The Bertz CT molecular complexity index is 799. The van der Waals surface area contributed by atoms with Crippen molar-refractivity contribution in [2.45, 2.75) is 64.1 Å². The van der Waals surface area contributed by atoms with Crippen LogP contribution in [0.15, 0.2) is 48.8 Å². The number of rotatable bonds is 6. The van der Waals surface area contributed by atoms with Gasteiger partial charge in [-0.05, 0) is 75.4 Å². The summed E-state index contributed by atoms with van der Waals surface area (Å²) in [4.78, 5) is 20.7. The molecular weight excluding hydrogens is 360 g/mol. The minimum Gasteiger partial charge on any atom is -0.371 e. The first-order valence-corrected chi connectivity index (χ1v) is 10.9. The summed E-state index contributed by atoms with van der Waals surface area (Å²) >= 11 is 0. The molecule has 1 amide bonds. The van der Waals surface area contributed by atoms with Gasteiger partial charge < -0.3 is 15.1 Å². The van der Waals surface area contributed by atoms with Crippen molar-refractivity contribution < 1.29 is 4.79 Å². The van der Waals surface area contributed by atoms with Crippen LogP contribution >= 0.6 is 0 Å². The molecule has 1 N–H and O–H groups in total. The summed E-state index contributed by atoms with van der Waals surface area (Å²) in [5.41, 5.74) is 3.58. The average molecular weight is 393 g/mol. The number of nitrogens with one attached hydrogen (secondary N) is 1. The lowest BCUT2D eigenvalue weighted by Crippen LogP contribution is -2.46. The number of piperidine rings is 1. The number of amides is 1. The number of hydrogen-bond donors (Lipinski definition) is 1. The smallest absolute Gasteiger partial charge is 0.227 e. The molecule has 5 nitrogen and oxygen atoms in total. The number of carbonyl (C=O) groups is 1. The average Bonchev–Trinajstić information content (AvgIpc) is 3.07. The van der Waals surface area contributed by atoms with Crippen molar-refractivity contribution in [1.29, 1.82) is 0 Å². The maximum absolute atomic E-state index is 12.1. The van der Waals surface area contributed by atoms with Gasteiger partial charge in [-0.2, -0.15) is 0 Å². The molecule has 2 aromatic rings. The van der Waals surface area contributed by atoms with Crippen LogP contribution in [0.1, 0.15) is 45.1 Å². The van der Waals surface area contributed by atoms with Gasteiger partial charge in [0.2, 0.25) is 5.91 Å². The second-order valence-electron chi connectivity index (χ2n) is 8.56. The van der Waals surface area contributed by atoms with Crippen LogP contribution in [0.3, 0.4) is 0 Å². The van der Waals surface area contributed by atoms with Crippen molar-refractivity contribution in [2.75, 3.05) is 22.9 Å². The minimum absolute atomic E-state index is 0.248. The highest BCUT2D eigenvalue weighted by atomic mass is 16.2. The third-order valence-electron chi connectivity index (χ3n) is 6.26. The van der Waals surface area contributed by atoms with Crippen LogP contribution in [-0.2, 0) is 11.2 Å². The lowest BCUT2D eigenvalue weighted by atomic mass is 10.0. The van der Waals surface area contributed by atoms with E-state index in [9.17, 15) is 4.79 Å². The van der Waals surface area contributed by atoms with E-state index >= 15 is 0 Å². The summed E-state index contributed by atoms with van der Waals surface area (Å²) in [6.07, 6.45) is 8.74. The topological polar surface area (TPSA) is 48.5 Å². The Kier molecular flexibility index (Phi) is 6.14. The zero-order valence-electron chi connectivity index (χ0n) is 17.6. The Morgan fingerprint density at radius 1 is 1.10 bits per heavy atom. The largest absolute Gasteiger partial charge is 0.371 e. The number of carbonyl (C=O) groups excluding carboxylic acids is 1. The molecule has 2 saturated heterocycles. The molecule has 2 fully saturated rings. The number of hydrogen-bond acceptors (Lipinski definition) is 4. The summed E-state index contributed by atoms with van der Waals surface area (Å²) in [5.74, 6) is 0.248. The van der Waals surface area contributed by atoms with Crippen LogP contribution in [0.25, 0.3) is 0 Å². The van der Waals surface area contributed by atoms with Crippen LogP contribution in [0.4, 0.5) is 11.4 Å². The molecule has 5 heteroatoms. The molecule has 0 saturated carbocycles. The molecule has 2 atom stereocenters. The van der Waals surface area contributed by atoms with Crippen molar-refractivity contribution in [3.63, 3.8) is 0 Å². The molecule has 0 spiro atoms. The number of anilines is 2. The van der Waals surface area contributed by atoms with Crippen LogP contribution in [0.2, 0.25) is 0 Å². The highest BCUT2D eigenvalue weighted by Gasteiger charge is 2.29. The molecule has 29 heavy (non-hydrogen) atoms. The van der Waals surface area contributed by atoms with Crippen LogP contribution < -0.4 is 15.1 Å². The Hall–Kier alpha value is -2.40. The van der Waals surface area contributed by atoms with Gasteiger partial charge in [-0.15, -0.1) is 0 Å². The molecule has 1 aromatic heterocycles. The van der Waals surface area contributed by atoms with E-state index in [1.165, 1.54) is 11.3 Å². The molecule has 0 aliphatic carbocycles. The molecular formula is C24H32N4O. The Morgan fingerprint density at radius 3 is 2.45 bits per heavy atom. The molecule has 0 bridgehead atoms. The zero-order valence-corrected chi connectivity index (χ0v) is 17.6. The fourth-order valence-corrected chi connectivity index (χ4v) is 4.69. The minimum atomic E-state index is 0.248. The van der Waals surface area contributed by atoms with E-state index in [1.807, 2.05) is 23.4 Å². The van der Waals surface area contributed by atoms with E-state index < -0.39 is 0 Å². The van der Waals surface area contributed by atoms with E-state index in [0.29, 0.717) is 24.5 Å². The highest BCUT2D eigenvalue weighted by molar-refractivity contribution is 5.96. The van der Waals surface area contributed by atoms with Crippen LogP contribution in [0, 0.1) is 0 Å². The first-order chi connectivity index (χ1) is 14.1. The number of benzene rings is 1. The number of aromatic nitrogens is 1. The maximum Gasteiger partial charge on any atom is 0.227 e. The second kappa shape index (κ2) is 8.95. The quantitative estimate of drug-likeness (QED) is 0.813. The predicted octanol–water partition coefficient (Wildman–Crippen LogP) is 3.79. The molecule has 154 valence electrons. The fraction of sp³-hybridized carbons (Fsp3) is 0.500. The van der Waals surface area contributed by atoms with E-state index in [2.05, 4.69) is 59.4 Å². The fourth-order valence-electron chi connectivity index (χ4n) is 4.69. The number of nitrogens with zero attached hydrogens (tertiary/aromatic N) is 3. The van der Waals surface area contributed by atoms with Gasteiger partial charge in [-0.25, -0.2) is 0 Å². The van der Waals surface area contributed by atoms with Crippen molar-refractivity contribution in [3.8, 4) is 0 Å². The van der Waals surface area contributed by atoms with Crippen LogP contribution in [-0.4, -0.2) is 42.1 Å². The van der Waals surface area contributed by atoms with Crippen molar-refractivity contribution in [2.24, 2.45) is 0 Å². The molecule has 4 rings (SSSR count). The molecule has 0 unspecified atom stereocenters. The summed E-state index contributed by atoms with van der Waals surface area (Å²) in [5, 5.41) is 3.80. The third-order valence-corrected chi connectivity index (χ3v) is 6.26. The normalized spacial score (nSPS) is 21.6. The summed E-state index contributed by atoms with van der Waals surface area (Å²) in [7, 11) is 0. The van der Waals surface area contributed by atoms with Gasteiger partial charge in [-0.3, -0.25) is 9.78 Å². The Balaban J connectivity index is 1.27. The monoisotopic (exact) mass is 392 g/mol.